The summed E-state index contributed by atoms with van der Waals surface area (Å²) in [6, 6.07) is 17.2. The molecule has 1 atom stereocenters. The quantitative estimate of drug-likeness (QED) is 0.580. The van der Waals surface area contributed by atoms with E-state index < -0.39 is 6.10 Å². The summed E-state index contributed by atoms with van der Waals surface area (Å²) in [5.41, 5.74) is 2.86. The van der Waals surface area contributed by atoms with Crippen LogP contribution in [-0.2, 0) is 13.2 Å². The molecule has 3 N–H and O–H groups in total. The highest BCUT2D eigenvalue weighted by Crippen LogP contribution is 2.36. The van der Waals surface area contributed by atoms with Crippen molar-refractivity contribution < 1.29 is 19.9 Å². The zero-order valence-electron chi connectivity index (χ0n) is 15.7. The van der Waals surface area contributed by atoms with Crippen molar-refractivity contribution in [1.82, 2.24) is 4.98 Å². The highest BCUT2D eigenvalue weighted by molar-refractivity contribution is 6.32. The van der Waals surface area contributed by atoms with Crippen molar-refractivity contribution in [1.29, 1.82) is 0 Å². The van der Waals surface area contributed by atoms with Crippen molar-refractivity contribution >= 4 is 11.6 Å². The van der Waals surface area contributed by atoms with Crippen molar-refractivity contribution in [3.05, 3.63) is 88.7 Å². The van der Waals surface area contributed by atoms with Gasteiger partial charge in [-0.15, -0.1) is 0 Å². The number of halogens is 1. The van der Waals surface area contributed by atoms with Gasteiger partial charge in [-0.3, -0.25) is 4.98 Å². The smallest absolute Gasteiger partial charge is 0.180 e. The molecule has 28 heavy (non-hydrogen) atoms. The number of pyridine rings is 1. The summed E-state index contributed by atoms with van der Waals surface area (Å²) in [6.45, 7) is 1.59. The molecule has 0 aliphatic heterocycles. The van der Waals surface area contributed by atoms with Gasteiger partial charge in [-0.2, -0.15) is 0 Å². The van der Waals surface area contributed by atoms with Crippen LogP contribution in [0.1, 0.15) is 22.8 Å². The van der Waals surface area contributed by atoms with Gasteiger partial charge in [-0.1, -0.05) is 48.0 Å². The minimum Gasteiger partial charge on any atom is -0.493 e. The molecule has 0 saturated heterocycles. The van der Waals surface area contributed by atoms with E-state index in [2.05, 4.69) is 4.98 Å². The highest BCUT2D eigenvalue weighted by Gasteiger charge is 2.14. The van der Waals surface area contributed by atoms with E-state index in [4.69, 9.17) is 21.1 Å². The fourth-order valence-corrected chi connectivity index (χ4v) is 3.18. The Bertz CT molecular complexity index is 876. The maximum atomic E-state index is 10.3. The van der Waals surface area contributed by atoms with Crippen LogP contribution in [0.4, 0.5) is 0 Å². The van der Waals surface area contributed by atoms with E-state index >= 15 is 0 Å². The first-order chi connectivity index (χ1) is 13.7. The number of methoxy groups -OCH3 is 1. The molecular weight excluding hydrogens is 376 g/mol. The third-order valence-electron chi connectivity index (χ3n) is 4.35. The summed E-state index contributed by atoms with van der Waals surface area (Å²) < 4.78 is 11.3. The van der Waals surface area contributed by atoms with Gasteiger partial charge in [0.15, 0.2) is 11.5 Å². The Morgan fingerprint density at radius 1 is 1.11 bits per heavy atom. The van der Waals surface area contributed by atoms with Gasteiger partial charge in [0.1, 0.15) is 25.8 Å². The third kappa shape index (κ3) is 5.45. The lowest BCUT2D eigenvalue weighted by Crippen LogP contribution is -2.83. The van der Waals surface area contributed by atoms with E-state index in [9.17, 15) is 5.11 Å². The van der Waals surface area contributed by atoms with Gasteiger partial charge in [-0.05, 0) is 23.8 Å². The average molecular weight is 400 g/mol. The molecule has 2 aromatic carbocycles. The van der Waals surface area contributed by atoms with E-state index in [1.54, 1.807) is 19.5 Å². The van der Waals surface area contributed by atoms with E-state index in [0.29, 0.717) is 36.2 Å². The Morgan fingerprint density at radius 2 is 1.93 bits per heavy atom. The lowest BCUT2D eigenvalue weighted by atomic mass is 10.1. The molecule has 0 saturated carbocycles. The number of aliphatic hydroxyl groups excluding tert-OH is 1. The van der Waals surface area contributed by atoms with E-state index in [0.717, 1.165) is 16.7 Å². The monoisotopic (exact) mass is 399 g/mol. The van der Waals surface area contributed by atoms with Gasteiger partial charge < -0.3 is 19.9 Å². The Hall–Kier alpha value is -2.60. The van der Waals surface area contributed by atoms with Crippen molar-refractivity contribution in [2.75, 3.05) is 13.7 Å². The molecule has 146 valence electrons. The summed E-state index contributed by atoms with van der Waals surface area (Å²) in [4.78, 5) is 4.08. The molecule has 0 radical (unpaired) electrons. The number of hydrogen-bond acceptors (Lipinski definition) is 4. The predicted molar refractivity (Wildman–Crippen MR) is 108 cm³/mol. The third-order valence-corrected chi connectivity index (χ3v) is 4.63. The van der Waals surface area contributed by atoms with Crippen LogP contribution in [0.2, 0.25) is 5.02 Å². The first-order valence-electron chi connectivity index (χ1n) is 9.10. The van der Waals surface area contributed by atoms with Gasteiger partial charge in [0.2, 0.25) is 0 Å². The summed E-state index contributed by atoms with van der Waals surface area (Å²) in [7, 11) is 1.59. The molecule has 1 heterocycles. The predicted octanol–water partition coefficient (Wildman–Crippen LogP) is 3.12. The number of benzene rings is 2. The van der Waals surface area contributed by atoms with Crippen molar-refractivity contribution in [2.24, 2.45) is 0 Å². The molecule has 5 nitrogen and oxygen atoms in total. The molecule has 3 rings (SSSR count). The van der Waals surface area contributed by atoms with Crippen molar-refractivity contribution in [2.45, 2.75) is 19.3 Å². The number of ether oxygens (including phenoxy) is 2. The lowest BCUT2D eigenvalue weighted by molar-refractivity contribution is -0.677. The molecule has 0 bridgehead atoms. The van der Waals surface area contributed by atoms with Crippen molar-refractivity contribution in [3.63, 3.8) is 0 Å². The normalized spacial score (nSPS) is 11.8. The number of hydrogen-bond donors (Lipinski definition) is 2. The Morgan fingerprint density at radius 3 is 2.64 bits per heavy atom. The van der Waals surface area contributed by atoms with Crippen LogP contribution in [0.5, 0.6) is 11.5 Å². The highest BCUT2D eigenvalue weighted by atomic mass is 35.5. The molecule has 1 aromatic heterocycles. The summed E-state index contributed by atoms with van der Waals surface area (Å²) in [6.07, 6.45) is 2.96. The van der Waals surface area contributed by atoms with Crippen LogP contribution in [0, 0.1) is 0 Å². The number of nitrogens with two attached hydrogens (primary N) is 1. The first-order valence-corrected chi connectivity index (χ1v) is 9.48. The molecular formula is C22H24ClN2O3+. The summed E-state index contributed by atoms with van der Waals surface area (Å²) >= 11 is 6.43. The van der Waals surface area contributed by atoms with Gasteiger partial charge in [0.05, 0.1) is 12.1 Å². The van der Waals surface area contributed by atoms with Crippen LogP contribution >= 0.6 is 11.6 Å². The SMILES string of the molecule is COc1cc(C[NH2+]C[C@H](O)c2ccccc2)cc(Cl)c1OCc1cccnc1. The molecule has 0 aliphatic carbocycles. The molecule has 0 unspecified atom stereocenters. The summed E-state index contributed by atoms with van der Waals surface area (Å²) in [5, 5.41) is 12.8. The lowest BCUT2D eigenvalue weighted by Gasteiger charge is -2.14. The number of aromatic nitrogens is 1. The van der Waals surface area contributed by atoms with Crippen LogP contribution in [0.15, 0.2) is 67.0 Å². The summed E-state index contributed by atoms with van der Waals surface area (Å²) in [5.74, 6) is 1.10. The Balaban J connectivity index is 1.60. The number of nitrogens with zero attached hydrogens (tertiary/aromatic N) is 1. The first kappa shape index (κ1) is 20.1. The average Bonchev–Trinajstić information content (AvgIpc) is 2.74. The number of quaternary nitrogens is 1. The number of aliphatic hydroxyl groups is 1. The second-order valence-electron chi connectivity index (χ2n) is 6.41. The van der Waals surface area contributed by atoms with Gasteiger partial charge in [0.25, 0.3) is 0 Å². The topological polar surface area (TPSA) is 68.2 Å². The van der Waals surface area contributed by atoms with Crippen LogP contribution in [-0.4, -0.2) is 23.7 Å². The van der Waals surface area contributed by atoms with E-state index in [-0.39, 0.29) is 0 Å². The maximum absolute atomic E-state index is 10.3. The van der Waals surface area contributed by atoms with Gasteiger partial charge >= 0.3 is 0 Å². The molecule has 0 fully saturated rings. The Labute approximate surface area is 169 Å². The van der Waals surface area contributed by atoms with Crippen LogP contribution in [0.3, 0.4) is 0 Å². The minimum absolute atomic E-state index is 0.360. The van der Waals surface area contributed by atoms with E-state index in [1.165, 1.54) is 0 Å². The molecule has 0 amide bonds. The largest absolute Gasteiger partial charge is 0.493 e. The van der Waals surface area contributed by atoms with Crippen LogP contribution in [0.25, 0.3) is 0 Å². The molecule has 0 spiro atoms. The second-order valence-corrected chi connectivity index (χ2v) is 6.82. The molecule has 0 aliphatic rings. The van der Waals surface area contributed by atoms with Gasteiger partial charge in [-0.25, -0.2) is 0 Å². The maximum Gasteiger partial charge on any atom is 0.180 e. The fraction of sp³-hybridized carbons (Fsp3) is 0.227. The Kier molecular flexibility index (Phi) is 7.25. The van der Waals surface area contributed by atoms with Crippen molar-refractivity contribution in [3.8, 4) is 11.5 Å². The van der Waals surface area contributed by atoms with Crippen LogP contribution < -0.4 is 14.8 Å². The zero-order chi connectivity index (χ0) is 19.8. The van der Waals surface area contributed by atoms with E-state index in [1.807, 2.05) is 59.9 Å². The standard InChI is InChI=1S/C22H23ClN2O3/c1-27-21-11-17(13-25-14-20(26)18-7-3-2-4-8-18)10-19(23)22(21)28-15-16-6-5-9-24-12-16/h2-12,20,25-26H,13-15H2,1H3/p+1/t20-/m0/s1. The zero-order valence-corrected chi connectivity index (χ0v) is 16.5. The van der Waals surface area contributed by atoms with Gasteiger partial charge in [0, 0.05) is 23.5 Å². The number of rotatable bonds is 9. The minimum atomic E-state index is -0.513. The molecule has 3 aromatic rings. The fourth-order valence-electron chi connectivity index (χ4n) is 2.89. The molecule has 6 heteroatoms. The second kappa shape index (κ2) is 10.1.